The summed E-state index contributed by atoms with van der Waals surface area (Å²) < 4.78 is 27.1. The summed E-state index contributed by atoms with van der Waals surface area (Å²) in [6, 6.07) is 3.04. The Balaban J connectivity index is 2.06. The molecule has 0 spiro atoms. The maximum atomic E-state index is 13.7. The molecule has 1 aliphatic heterocycles. The Labute approximate surface area is 100 Å². The summed E-state index contributed by atoms with van der Waals surface area (Å²) >= 11 is 0. The molecule has 0 radical (unpaired) electrons. The molecule has 1 fully saturated rings. The fourth-order valence-electron chi connectivity index (χ4n) is 3.52. The number of fused-ring (bicyclic) bond motifs is 3. The van der Waals surface area contributed by atoms with E-state index in [9.17, 15) is 8.78 Å². The molecule has 1 heterocycles. The van der Waals surface area contributed by atoms with Gasteiger partial charge in [0.15, 0.2) is 0 Å². The molecule has 0 bridgehead atoms. The lowest BCUT2D eigenvalue weighted by atomic mass is 9.74. The largest absolute Gasteiger partial charge is 0.303 e. The van der Waals surface area contributed by atoms with Gasteiger partial charge in [-0.3, -0.25) is 0 Å². The first-order chi connectivity index (χ1) is 8.16. The first-order valence-corrected chi connectivity index (χ1v) is 6.35. The summed E-state index contributed by atoms with van der Waals surface area (Å²) in [5.41, 5.74) is 1.67. The Hall–Kier alpha value is -0.960. The topological polar surface area (TPSA) is 3.24 Å². The van der Waals surface area contributed by atoms with Gasteiger partial charge in [0, 0.05) is 12.1 Å². The van der Waals surface area contributed by atoms with Gasteiger partial charge in [0.1, 0.15) is 11.6 Å². The van der Waals surface area contributed by atoms with Gasteiger partial charge in [0.05, 0.1) is 0 Å². The van der Waals surface area contributed by atoms with Crippen LogP contribution >= 0.6 is 0 Å². The van der Waals surface area contributed by atoms with Crippen LogP contribution in [0.5, 0.6) is 0 Å². The molecule has 1 aliphatic carbocycles. The van der Waals surface area contributed by atoms with E-state index >= 15 is 0 Å². The van der Waals surface area contributed by atoms with Gasteiger partial charge >= 0.3 is 0 Å². The zero-order chi connectivity index (χ0) is 12.0. The minimum absolute atomic E-state index is 0.322. The third-order valence-corrected chi connectivity index (χ3v) is 4.34. The molecular formula is C14H17F2N. The number of likely N-dealkylation sites (N-methyl/N-ethyl adjacent to an activating group) is 1. The van der Waals surface area contributed by atoms with E-state index in [0.717, 1.165) is 49.4 Å². The van der Waals surface area contributed by atoms with Crippen LogP contribution in [-0.4, -0.2) is 24.5 Å². The Morgan fingerprint density at radius 3 is 2.88 bits per heavy atom. The van der Waals surface area contributed by atoms with Gasteiger partial charge in [-0.25, -0.2) is 8.78 Å². The predicted octanol–water partition coefficient (Wildman–Crippen LogP) is 3.09. The van der Waals surface area contributed by atoms with Crippen molar-refractivity contribution in [2.45, 2.75) is 37.6 Å². The summed E-state index contributed by atoms with van der Waals surface area (Å²) in [6.07, 6.45) is 3.92. The van der Waals surface area contributed by atoms with Crippen molar-refractivity contribution in [1.29, 1.82) is 0 Å². The molecule has 1 aromatic carbocycles. The molecule has 0 saturated carbocycles. The number of halogens is 2. The van der Waals surface area contributed by atoms with Crippen LogP contribution in [0.3, 0.4) is 0 Å². The van der Waals surface area contributed by atoms with Gasteiger partial charge in [-0.2, -0.15) is 0 Å². The maximum Gasteiger partial charge on any atom is 0.129 e. The molecule has 1 nitrogen and oxygen atoms in total. The van der Waals surface area contributed by atoms with Crippen LogP contribution in [0.4, 0.5) is 8.78 Å². The smallest absolute Gasteiger partial charge is 0.129 e. The molecule has 17 heavy (non-hydrogen) atoms. The Morgan fingerprint density at radius 2 is 2.06 bits per heavy atom. The van der Waals surface area contributed by atoms with Crippen LogP contribution in [0.2, 0.25) is 0 Å². The second-order valence-electron chi connectivity index (χ2n) is 5.29. The predicted molar refractivity (Wildman–Crippen MR) is 63.1 cm³/mol. The van der Waals surface area contributed by atoms with Gasteiger partial charge in [-0.1, -0.05) is 0 Å². The molecular weight excluding hydrogens is 220 g/mol. The standard InChI is InChI=1S/C14H17F2N/c1-17-6-2-3-11-12-7-9(15)8-13(16)10(12)4-5-14(11)17/h7-8,11,14H,2-6H2,1H3. The summed E-state index contributed by atoms with van der Waals surface area (Å²) in [7, 11) is 2.12. The lowest BCUT2D eigenvalue weighted by Gasteiger charge is -2.43. The number of benzene rings is 1. The summed E-state index contributed by atoms with van der Waals surface area (Å²) in [5.74, 6) is -0.468. The van der Waals surface area contributed by atoms with Crippen LogP contribution in [0.25, 0.3) is 0 Å². The van der Waals surface area contributed by atoms with Crippen LogP contribution < -0.4 is 0 Å². The first-order valence-electron chi connectivity index (χ1n) is 6.35. The molecule has 2 atom stereocenters. The van der Waals surface area contributed by atoms with E-state index in [-0.39, 0.29) is 5.82 Å². The van der Waals surface area contributed by atoms with Crippen molar-refractivity contribution >= 4 is 0 Å². The molecule has 2 unspecified atom stereocenters. The van der Waals surface area contributed by atoms with Crippen LogP contribution in [0, 0.1) is 11.6 Å². The van der Waals surface area contributed by atoms with E-state index < -0.39 is 5.82 Å². The van der Waals surface area contributed by atoms with Crippen molar-refractivity contribution in [1.82, 2.24) is 4.90 Å². The third-order valence-electron chi connectivity index (χ3n) is 4.34. The first kappa shape index (κ1) is 11.1. The highest BCUT2D eigenvalue weighted by atomic mass is 19.1. The number of hydrogen-bond acceptors (Lipinski definition) is 1. The lowest BCUT2D eigenvalue weighted by Crippen LogP contribution is -2.44. The molecule has 3 heteroatoms. The quantitative estimate of drug-likeness (QED) is 0.670. The summed E-state index contributed by atoms with van der Waals surface area (Å²) in [4.78, 5) is 2.35. The Morgan fingerprint density at radius 1 is 1.24 bits per heavy atom. The van der Waals surface area contributed by atoms with Gasteiger partial charge in [0.25, 0.3) is 0 Å². The summed E-state index contributed by atoms with van der Waals surface area (Å²) in [6.45, 7) is 1.11. The van der Waals surface area contributed by atoms with Gasteiger partial charge in [-0.05, 0) is 62.4 Å². The fourth-order valence-corrected chi connectivity index (χ4v) is 3.52. The fraction of sp³-hybridized carbons (Fsp3) is 0.571. The zero-order valence-electron chi connectivity index (χ0n) is 10.0. The van der Waals surface area contributed by atoms with E-state index in [1.165, 1.54) is 0 Å². The molecule has 0 N–H and O–H groups in total. The minimum atomic E-state index is -0.435. The van der Waals surface area contributed by atoms with Gasteiger partial charge in [-0.15, -0.1) is 0 Å². The third kappa shape index (κ3) is 1.77. The summed E-state index contributed by atoms with van der Waals surface area (Å²) in [5, 5.41) is 0. The average molecular weight is 237 g/mol. The molecule has 0 aromatic heterocycles. The van der Waals surface area contributed by atoms with Crippen LogP contribution in [0.1, 0.15) is 36.3 Å². The van der Waals surface area contributed by atoms with Crippen molar-refractivity contribution in [2.24, 2.45) is 0 Å². The zero-order valence-corrected chi connectivity index (χ0v) is 10.0. The second-order valence-corrected chi connectivity index (χ2v) is 5.29. The monoisotopic (exact) mass is 237 g/mol. The van der Waals surface area contributed by atoms with E-state index in [1.807, 2.05) is 0 Å². The van der Waals surface area contributed by atoms with Crippen molar-refractivity contribution in [3.05, 3.63) is 34.9 Å². The molecule has 1 aromatic rings. The molecule has 0 amide bonds. The Bertz CT molecular complexity index is 444. The molecule has 2 aliphatic rings. The van der Waals surface area contributed by atoms with Crippen molar-refractivity contribution in [3.8, 4) is 0 Å². The number of nitrogens with zero attached hydrogens (tertiary/aromatic N) is 1. The lowest BCUT2D eigenvalue weighted by molar-refractivity contribution is 0.142. The highest BCUT2D eigenvalue weighted by Crippen LogP contribution is 2.41. The normalized spacial score (nSPS) is 28.6. The van der Waals surface area contributed by atoms with E-state index in [2.05, 4.69) is 11.9 Å². The second kappa shape index (κ2) is 4.05. The number of piperidine rings is 1. The molecule has 92 valence electrons. The highest BCUT2D eigenvalue weighted by molar-refractivity contribution is 5.36. The van der Waals surface area contributed by atoms with Crippen molar-refractivity contribution in [2.75, 3.05) is 13.6 Å². The maximum absolute atomic E-state index is 13.7. The SMILES string of the molecule is CN1CCCC2c3cc(F)cc(F)c3CCC21. The number of rotatable bonds is 0. The number of hydrogen-bond donors (Lipinski definition) is 0. The van der Waals surface area contributed by atoms with Crippen LogP contribution in [0.15, 0.2) is 12.1 Å². The van der Waals surface area contributed by atoms with E-state index in [0.29, 0.717) is 12.0 Å². The van der Waals surface area contributed by atoms with Gasteiger partial charge < -0.3 is 4.90 Å². The average Bonchev–Trinajstić information content (AvgIpc) is 2.29. The van der Waals surface area contributed by atoms with Gasteiger partial charge in [0.2, 0.25) is 0 Å². The van der Waals surface area contributed by atoms with E-state index in [4.69, 9.17) is 0 Å². The Kier molecular flexibility index (Phi) is 2.66. The van der Waals surface area contributed by atoms with Crippen molar-refractivity contribution in [3.63, 3.8) is 0 Å². The van der Waals surface area contributed by atoms with E-state index in [1.54, 1.807) is 6.07 Å². The highest BCUT2D eigenvalue weighted by Gasteiger charge is 2.35. The minimum Gasteiger partial charge on any atom is -0.303 e. The van der Waals surface area contributed by atoms with Crippen LogP contribution in [-0.2, 0) is 6.42 Å². The molecule has 3 rings (SSSR count). The van der Waals surface area contributed by atoms with Crippen molar-refractivity contribution < 1.29 is 8.78 Å². The number of likely N-dealkylation sites (tertiary alicyclic amines) is 1. The molecule has 1 saturated heterocycles.